The van der Waals surface area contributed by atoms with Crippen molar-refractivity contribution >= 4 is 17.8 Å². The first-order chi connectivity index (χ1) is 10.6. The fourth-order valence-electron chi connectivity index (χ4n) is 3.25. The molecule has 1 aliphatic rings. The molecule has 0 atom stereocenters. The van der Waals surface area contributed by atoms with Gasteiger partial charge in [-0.2, -0.15) is 20.0 Å². The van der Waals surface area contributed by atoms with E-state index in [1.54, 1.807) is 6.08 Å². The van der Waals surface area contributed by atoms with Crippen LogP contribution in [0.15, 0.2) is 12.7 Å². The van der Waals surface area contributed by atoms with Crippen LogP contribution in [-0.2, 0) is 0 Å². The number of nitrogen functional groups attached to an aromatic ring is 1. The van der Waals surface area contributed by atoms with Gasteiger partial charge in [0.05, 0.1) is 0 Å². The molecule has 1 aromatic rings. The molecule has 0 aliphatic carbocycles. The van der Waals surface area contributed by atoms with Gasteiger partial charge >= 0.3 is 0 Å². The van der Waals surface area contributed by atoms with Crippen LogP contribution in [0.4, 0.5) is 17.8 Å². The number of hydrogen-bond donors (Lipinski definition) is 4. The van der Waals surface area contributed by atoms with Gasteiger partial charge in [0, 0.05) is 23.7 Å². The summed E-state index contributed by atoms with van der Waals surface area (Å²) >= 11 is 0. The predicted octanol–water partition coefficient (Wildman–Crippen LogP) is 1.87. The highest BCUT2D eigenvalue weighted by molar-refractivity contribution is 5.41. The maximum absolute atomic E-state index is 10.4. The lowest BCUT2D eigenvalue weighted by atomic mass is 9.79. The van der Waals surface area contributed by atoms with E-state index in [1.165, 1.54) is 5.06 Å². The van der Waals surface area contributed by atoms with Crippen LogP contribution in [0.25, 0.3) is 0 Å². The van der Waals surface area contributed by atoms with Crippen LogP contribution in [0.2, 0.25) is 0 Å². The highest BCUT2D eigenvalue weighted by Gasteiger charge is 2.45. The Morgan fingerprint density at radius 3 is 2.35 bits per heavy atom. The zero-order chi connectivity index (χ0) is 17.3. The molecule has 8 heteroatoms. The SMILES string of the molecule is C=CCNc1nc(N)nc(NC2CC(C)(C)N(O)C(C)(C)C2)n1. The molecule has 128 valence electrons. The number of rotatable bonds is 5. The summed E-state index contributed by atoms with van der Waals surface area (Å²) in [4.78, 5) is 12.5. The first-order valence-electron chi connectivity index (χ1n) is 7.76. The Morgan fingerprint density at radius 1 is 1.22 bits per heavy atom. The number of aromatic nitrogens is 3. The van der Waals surface area contributed by atoms with Gasteiger partial charge in [0.1, 0.15) is 0 Å². The molecule has 0 aromatic carbocycles. The van der Waals surface area contributed by atoms with E-state index in [-0.39, 0.29) is 23.1 Å². The molecule has 0 spiro atoms. The molecule has 1 aromatic heterocycles. The minimum atomic E-state index is -0.345. The Labute approximate surface area is 137 Å². The third kappa shape index (κ3) is 4.08. The quantitative estimate of drug-likeness (QED) is 0.608. The van der Waals surface area contributed by atoms with Crippen LogP contribution >= 0.6 is 0 Å². The molecule has 1 fully saturated rings. The van der Waals surface area contributed by atoms with Crippen molar-refractivity contribution in [2.75, 3.05) is 22.9 Å². The summed E-state index contributed by atoms with van der Waals surface area (Å²) in [5.74, 6) is 1.01. The zero-order valence-electron chi connectivity index (χ0n) is 14.3. The Morgan fingerprint density at radius 2 is 1.78 bits per heavy atom. The van der Waals surface area contributed by atoms with Gasteiger partial charge < -0.3 is 21.6 Å². The molecule has 0 unspecified atom stereocenters. The number of nitrogens with two attached hydrogens (primary N) is 1. The van der Waals surface area contributed by atoms with Gasteiger partial charge in [-0.3, -0.25) is 0 Å². The van der Waals surface area contributed by atoms with E-state index in [4.69, 9.17) is 5.73 Å². The van der Waals surface area contributed by atoms with Gasteiger partial charge in [-0.15, -0.1) is 6.58 Å². The molecule has 2 heterocycles. The number of nitrogens with zero attached hydrogens (tertiary/aromatic N) is 4. The molecule has 0 saturated carbocycles. The summed E-state index contributed by atoms with van der Waals surface area (Å²) in [5.41, 5.74) is 5.06. The van der Waals surface area contributed by atoms with Gasteiger partial charge in [-0.25, -0.2) is 0 Å². The van der Waals surface area contributed by atoms with Crippen molar-refractivity contribution in [2.45, 2.75) is 57.7 Å². The van der Waals surface area contributed by atoms with Crippen LogP contribution < -0.4 is 16.4 Å². The van der Waals surface area contributed by atoms with Crippen LogP contribution in [0.5, 0.6) is 0 Å². The van der Waals surface area contributed by atoms with Gasteiger partial charge in [0.25, 0.3) is 0 Å². The minimum Gasteiger partial charge on any atom is -0.368 e. The highest BCUT2D eigenvalue weighted by atomic mass is 16.5. The van der Waals surface area contributed by atoms with E-state index < -0.39 is 0 Å². The van der Waals surface area contributed by atoms with Crippen LogP contribution in [0.1, 0.15) is 40.5 Å². The molecule has 1 saturated heterocycles. The summed E-state index contributed by atoms with van der Waals surface area (Å²) < 4.78 is 0. The van der Waals surface area contributed by atoms with Crippen molar-refractivity contribution in [1.29, 1.82) is 0 Å². The maximum Gasteiger partial charge on any atom is 0.229 e. The number of anilines is 3. The number of hydrogen-bond acceptors (Lipinski definition) is 8. The fraction of sp³-hybridized carbons (Fsp3) is 0.667. The first-order valence-corrected chi connectivity index (χ1v) is 7.76. The van der Waals surface area contributed by atoms with Crippen LogP contribution in [0.3, 0.4) is 0 Å². The standard InChI is InChI=1S/C15H27N7O/c1-6-7-17-12-19-11(16)20-13(21-12)18-10-8-14(2,3)22(23)15(4,5)9-10/h6,10,23H,1,7-9H2,2-5H3,(H4,16,17,18,19,20,21). The van der Waals surface area contributed by atoms with E-state index in [9.17, 15) is 5.21 Å². The van der Waals surface area contributed by atoms with Crippen molar-refractivity contribution in [2.24, 2.45) is 0 Å². The lowest BCUT2D eigenvalue weighted by molar-refractivity contribution is -0.243. The number of hydroxylamine groups is 2. The Bertz CT molecular complexity index is 555. The fourth-order valence-corrected chi connectivity index (χ4v) is 3.25. The number of nitrogens with one attached hydrogen (secondary N) is 2. The van der Waals surface area contributed by atoms with Crippen molar-refractivity contribution in [3.8, 4) is 0 Å². The summed E-state index contributed by atoms with van der Waals surface area (Å²) in [6, 6.07) is 0.123. The third-order valence-electron chi connectivity index (χ3n) is 4.03. The molecule has 8 nitrogen and oxygen atoms in total. The van der Waals surface area contributed by atoms with Gasteiger partial charge in [0.15, 0.2) is 0 Å². The largest absolute Gasteiger partial charge is 0.368 e. The third-order valence-corrected chi connectivity index (χ3v) is 4.03. The van der Waals surface area contributed by atoms with Crippen molar-refractivity contribution in [3.63, 3.8) is 0 Å². The highest BCUT2D eigenvalue weighted by Crippen LogP contribution is 2.37. The van der Waals surface area contributed by atoms with E-state index in [0.717, 1.165) is 12.8 Å². The summed E-state index contributed by atoms with van der Waals surface area (Å²) in [6.07, 6.45) is 3.23. The van der Waals surface area contributed by atoms with Crippen molar-refractivity contribution in [1.82, 2.24) is 20.0 Å². The second-order valence-corrected chi connectivity index (χ2v) is 7.20. The lowest BCUT2D eigenvalue weighted by Gasteiger charge is -2.51. The molecular weight excluding hydrogens is 294 g/mol. The molecule has 23 heavy (non-hydrogen) atoms. The molecule has 5 N–H and O–H groups in total. The minimum absolute atomic E-state index is 0.123. The van der Waals surface area contributed by atoms with Crippen LogP contribution in [0, 0.1) is 0 Å². The normalized spacial score (nSPS) is 20.9. The Kier molecular flexibility index (Phi) is 4.76. The first kappa shape index (κ1) is 17.4. The van der Waals surface area contributed by atoms with Crippen molar-refractivity contribution in [3.05, 3.63) is 12.7 Å². The second-order valence-electron chi connectivity index (χ2n) is 7.20. The van der Waals surface area contributed by atoms with Crippen LogP contribution in [-0.4, -0.2) is 48.9 Å². The lowest BCUT2D eigenvalue weighted by Crippen LogP contribution is -2.61. The smallest absolute Gasteiger partial charge is 0.229 e. The topological polar surface area (TPSA) is 112 Å². The molecule has 2 rings (SSSR count). The summed E-state index contributed by atoms with van der Waals surface area (Å²) in [6.45, 7) is 12.3. The summed E-state index contributed by atoms with van der Waals surface area (Å²) in [5, 5.41) is 18.1. The van der Waals surface area contributed by atoms with Gasteiger partial charge in [-0.1, -0.05) is 6.08 Å². The summed E-state index contributed by atoms with van der Waals surface area (Å²) in [7, 11) is 0. The van der Waals surface area contributed by atoms with E-state index in [1.807, 2.05) is 27.7 Å². The zero-order valence-corrected chi connectivity index (χ0v) is 14.3. The predicted molar refractivity (Wildman–Crippen MR) is 91.4 cm³/mol. The Hall–Kier alpha value is -1.93. The van der Waals surface area contributed by atoms with E-state index in [0.29, 0.717) is 18.4 Å². The molecular formula is C15H27N7O. The average molecular weight is 321 g/mol. The average Bonchev–Trinajstić information content (AvgIpc) is 2.41. The second kappa shape index (κ2) is 6.29. The van der Waals surface area contributed by atoms with Gasteiger partial charge in [0.2, 0.25) is 17.8 Å². The van der Waals surface area contributed by atoms with E-state index in [2.05, 4.69) is 32.2 Å². The maximum atomic E-state index is 10.4. The number of piperidine rings is 1. The Balaban J connectivity index is 2.15. The van der Waals surface area contributed by atoms with Crippen molar-refractivity contribution < 1.29 is 5.21 Å². The molecule has 0 radical (unpaired) electrons. The molecule has 0 bridgehead atoms. The van der Waals surface area contributed by atoms with Gasteiger partial charge in [-0.05, 0) is 40.5 Å². The monoisotopic (exact) mass is 321 g/mol. The molecule has 0 amide bonds. The van der Waals surface area contributed by atoms with E-state index >= 15 is 0 Å². The molecule has 1 aliphatic heterocycles.